The van der Waals surface area contributed by atoms with Gasteiger partial charge < -0.3 is 4.90 Å². The number of hydrogen-bond donors (Lipinski definition) is 0. The van der Waals surface area contributed by atoms with Gasteiger partial charge in [-0.2, -0.15) is 5.10 Å². The average Bonchev–Trinajstić information content (AvgIpc) is 3.17. The van der Waals surface area contributed by atoms with E-state index < -0.39 is 0 Å². The maximum atomic E-state index is 4.54. The molecule has 0 spiro atoms. The third-order valence-electron chi connectivity index (χ3n) is 3.61. The molecule has 4 rings (SSSR count). The van der Waals surface area contributed by atoms with Crippen LogP contribution in [0.1, 0.15) is 12.8 Å². The van der Waals surface area contributed by atoms with Crippen LogP contribution in [0.2, 0.25) is 0 Å². The highest BCUT2D eigenvalue weighted by Gasteiger charge is 2.13. The van der Waals surface area contributed by atoms with Crippen molar-refractivity contribution >= 4 is 16.9 Å². The molecule has 1 aliphatic rings. The third kappa shape index (κ3) is 1.89. The summed E-state index contributed by atoms with van der Waals surface area (Å²) in [6.07, 6.45) is 9.50. The van der Waals surface area contributed by atoms with E-state index in [1.165, 1.54) is 19.2 Å². The highest BCUT2D eigenvalue weighted by molar-refractivity contribution is 5.72. The molecule has 0 aliphatic carbocycles. The Bertz CT molecular complexity index is 694. The minimum atomic E-state index is 0.788. The topological polar surface area (TPSA) is 59.7 Å². The Kier molecular flexibility index (Phi) is 2.58. The van der Waals surface area contributed by atoms with Gasteiger partial charge in [-0.3, -0.25) is 0 Å². The van der Waals surface area contributed by atoms with Crippen molar-refractivity contribution in [2.75, 3.05) is 18.0 Å². The van der Waals surface area contributed by atoms with Crippen LogP contribution in [0, 0.1) is 0 Å². The van der Waals surface area contributed by atoms with E-state index in [9.17, 15) is 0 Å². The maximum absolute atomic E-state index is 4.54. The van der Waals surface area contributed by atoms with Crippen LogP contribution in [0.3, 0.4) is 0 Å². The predicted octanol–water partition coefficient (Wildman–Crippen LogP) is 1.81. The summed E-state index contributed by atoms with van der Waals surface area (Å²) in [5, 5.41) is 4.45. The molecular formula is C14H14N6. The number of nitrogens with zero attached hydrogens (tertiary/aromatic N) is 6. The van der Waals surface area contributed by atoms with Crippen LogP contribution < -0.4 is 4.90 Å². The number of aromatic nitrogens is 5. The zero-order valence-corrected chi connectivity index (χ0v) is 11.0. The Morgan fingerprint density at radius 3 is 2.60 bits per heavy atom. The zero-order valence-electron chi connectivity index (χ0n) is 11.0. The Labute approximate surface area is 116 Å². The Balaban J connectivity index is 1.67. The first kappa shape index (κ1) is 11.3. The molecule has 1 saturated heterocycles. The lowest BCUT2D eigenvalue weighted by Gasteiger charge is -2.16. The van der Waals surface area contributed by atoms with E-state index in [2.05, 4.69) is 31.0 Å². The van der Waals surface area contributed by atoms with Gasteiger partial charge in [0.1, 0.15) is 23.2 Å². The van der Waals surface area contributed by atoms with E-state index in [4.69, 9.17) is 0 Å². The van der Waals surface area contributed by atoms with Crippen molar-refractivity contribution in [1.82, 2.24) is 24.7 Å². The highest BCUT2D eigenvalue weighted by atomic mass is 15.3. The van der Waals surface area contributed by atoms with Gasteiger partial charge in [0.05, 0.1) is 24.3 Å². The first-order chi connectivity index (χ1) is 9.90. The van der Waals surface area contributed by atoms with Crippen molar-refractivity contribution in [3.05, 3.63) is 37.1 Å². The van der Waals surface area contributed by atoms with E-state index in [-0.39, 0.29) is 0 Å². The van der Waals surface area contributed by atoms with Gasteiger partial charge in [-0.05, 0) is 25.0 Å². The van der Waals surface area contributed by atoms with Crippen molar-refractivity contribution in [3.8, 4) is 5.69 Å². The molecule has 0 radical (unpaired) electrons. The number of fused-ring (bicyclic) bond motifs is 1. The maximum Gasteiger partial charge on any atom is 0.130 e. The minimum absolute atomic E-state index is 0.788. The summed E-state index contributed by atoms with van der Waals surface area (Å²) in [5.74, 6) is 1.04. The van der Waals surface area contributed by atoms with Crippen LogP contribution in [0.25, 0.3) is 16.7 Å². The van der Waals surface area contributed by atoms with Gasteiger partial charge in [0.15, 0.2) is 0 Å². The first-order valence-corrected chi connectivity index (χ1v) is 6.77. The minimum Gasteiger partial charge on any atom is -0.357 e. The van der Waals surface area contributed by atoms with E-state index in [1.807, 2.05) is 18.5 Å². The fraction of sp³-hybridized carbons (Fsp3) is 0.286. The number of pyridine rings is 1. The third-order valence-corrected chi connectivity index (χ3v) is 3.61. The van der Waals surface area contributed by atoms with Crippen molar-refractivity contribution in [3.63, 3.8) is 0 Å². The van der Waals surface area contributed by atoms with E-state index in [0.717, 1.165) is 35.6 Å². The van der Waals surface area contributed by atoms with Crippen molar-refractivity contribution in [2.24, 2.45) is 0 Å². The van der Waals surface area contributed by atoms with Crippen molar-refractivity contribution < 1.29 is 0 Å². The monoisotopic (exact) mass is 266 g/mol. The highest BCUT2D eigenvalue weighted by Crippen LogP contribution is 2.19. The van der Waals surface area contributed by atoms with Gasteiger partial charge >= 0.3 is 0 Å². The van der Waals surface area contributed by atoms with Crippen molar-refractivity contribution in [2.45, 2.75) is 12.8 Å². The molecule has 0 N–H and O–H groups in total. The predicted molar refractivity (Wildman–Crippen MR) is 75.9 cm³/mol. The molecule has 0 amide bonds. The molecule has 20 heavy (non-hydrogen) atoms. The largest absolute Gasteiger partial charge is 0.357 e. The second-order valence-corrected chi connectivity index (χ2v) is 4.94. The van der Waals surface area contributed by atoms with Gasteiger partial charge in [-0.1, -0.05) is 0 Å². The number of anilines is 1. The van der Waals surface area contributed by atoms with Gasteiger partial charge in [0, 0.05) is 13.1 Å². The van der Waals surface area contributed by atoms with Crippen LogP contribution in [-0.4, -0.2) is 37.8 Å². The molecule has 6 nitrogen and oxygen atoms in total. The summed E-state index contributed by atoms with van der Waals surface area (Å²) in [4.78, 5) is 15.0. The van der Waals surface area contributed by atoms with Crippen molar-refractivity contribution in [1.29, 1.82) is 0 Å². The lowest BCUT2D eigenvalue weighted by Crippen LogP contribution is -2.18. The first-order valence-electron chi connectivity index (χ1n) is 6.77. The average molecular weight is 266 g/mol. The van der Waals surface area contributed by atoms with E-state index >= 15 is 0 Å². The summed E-state index contributed by atoms with van der Waals surface area (Å²) in [6, 6.07) is 4.10. The quantitative estimate of drug-likeness (QED) is 0.708. The molecule has 0 saturated carbocycles. The SMILES string of the molecule is c1ncc2nn(-c3ccc(N4CCCC4)nc3)cc2n1. The Morgan fingerprint density at radius 1 is 0.950 bits per heavy atom. The summed E-state index contributed by atoms with van der Waals surface area (Å²) < 4.78 is 1.79. The number of rotatable bonds is 2. The smallest absolute Gasteiger partial charge is 0.130 e. The van der Waals surface area contributed by atoms with E-state index in [1.54, 1.807) is 10.9 Å². The Hall–Kier alpha value is -2.50. The normalized spacial score (nSPS) is 15.1. The van der Waals surface area contributed by atoms with Gasteiger partial charge in [0.25, 0.3) is 0 Å². The molecular weight excluding hydrogens is 252 g/mol. The molecule has 0 unspecified atom stereocenters. The summed E-state index contributed by atoms with van der Waals surface area (Å²) >= 11 is 0. The number of hydrogen-bond acceptors (Lipinski definition) is 5. The van der Waals surface area contributed by atoms with Crippen LogP contribution in [0.4, 0.5) is 5.82 Å². The molecule has 6 heteroatoms. The molecule has 3 aromatic heterocycles. The Morgan fingerprint density at radius 2 is 1.85 bits per heavy atom. The van der Waals surface area contributed by atoms with Crippen LogP contribution >= 0.6 is 0 Å². The fourth-order valence-corrected chi connectivity index (χ4v) is 2.55. The summed E-state index contributed by atoms with van der Waals surface area (Å²) in [6.45, 7) is 2.21. The molecule has 3 aromatic rings. The summed E-state index contributed by atoms with van der Waals surface area (Å²) in [5.41, 5.74) is 2.56. The van der Waals surface area contributed by atoms with Crippen LogP contribution in [0.15, 0.2) is 37.1 Å². The second kappa shape index (κ2) is 4.56. The molecule has 4 heterocycles. The standard InChI is InChI=1S/C14H14N6/c1-2-6-19(5-1)14-4-3-11(7-16-14)20-9-13-12(18-20)8-15-10-17-13/h3-4,7-10H,1-2,5-6H2. The van der Waals surface area contributed by atoms with Crippen LogP contribution in [0.5, 0.6) is 0 Å². The second-order valence-electron chi connectivity index (χ2n) is 4.94. The molecule has 100 valence electrons. The van der Waals surface area contributed by atoms with E-state index in [0.29, 0.717) is 0 Å². The molecule has 0 bridgehead atoms. The van der Waals surface area contributed by atoms with Gasteiger partial charge in [0.2, 0.25) is 0 Å². The lowest BCUT2D eigenvalue weighted by atomic mass is 10.4. The molecule has 1 aliphatic heterocycles. The van der Waals surface area contributed by atoms with Gasteiger partial charge in [-0.15, -0.1) is 0 Å². The lowest BCUT2D eigenvalue weighted by molar-refractivity contribution is 0.879. The molecule has 1 fully saturated rings. The van der Waals surface area contributed by atoms with Crippen LogP contribution in [-0.2, 0) is 0 Å². The molecule has 0 aromatic carbocycles. The summed E-state index contributed by atoms with van der Waals surface area (Å²) in [7, 11) is 0. The molecule has 0 atom stereocenters. The van der Waals surface area contributed by atoms with Gasteiger partial charge in [-0.25, -0.2) is 19.6 Å². The zero-order chi connectivity index (χ0) is 13.4. The fourth-order valence-electron chi connectivity index (χ4n) is 2.55.